The molecule has 19 heavy (non-hydrogen) atoms. The van der Waals surface area contributed by atoms with E-state index < -0.39 is 0 Å². The lowest BCUT2D eigenvalue weighted by atomic mass is 9.81. The van der Waals surface area contributed by atoms with E-state index in [1.165, 1.54) is 0 Å². The highest BCUT2D eigenvalue weighted by atomic mass is 16.5. The maximum Gasteiger partial charge on any atom is 0.222 e. The lowest BCUT2D eigenvalue weighted by molar-refractivity contribution is -0.125. The second-order valence-corrected chi connectivity index (χ2v) is 4.71. The summed E-state index contributed by atoms with van der Waals surface area (Å²) in [5.41, 5.74) is 0. The summed E-state index contributed by atoms with van der Waals surface area (Å²) >= 11 is 0. The zero-order valence-electron chi connectivity index (χ0n) is 11.5. The number of carbonyl (C=O) groups excluding carboxylic acids is 2. The minimum Gasteiger partial charge on any atom is -0.379 e. The van der Waals surface area contributed by atoms with Crippen molar-refractivity contribution in [3.05, 3.63) is 0 Å². The Morgan fingerprint density at radius 1 is 1.21 bits per heavy atom. The molecule has 0 heterocycles. The van der Waals surface area contributed by atoms with Crippen LogP contribution < -0.4 is 10.6 Å². The Morgan fingerprint density at radius 2 is 1.89 bits per heavy atom. The quantitative estimate of drug-likeness (QED) is 0.400. The van der Waals surface area contributed by atoms with Crippen LogP contribution in [0.25, 0.3) is 0 Å². The van der Waals surface area contributed by atoms with Gasteiger partial charge in [-0.2, -0.15) is 0 Å². The number of aldehydes is 1. The van der Waals surface area contributed by atoms with Crippen molar-refractivity contribution in [2.45, 2.75) is 25.3 Å². The number of likely N-dealkylation sites (N-methyl/N-ethyl adjacent to an activating group) is 1. The van der Waals surface area contributed by atoms with Gasteiger partial charge < -0.3 is 24.9 Å². The molecule has 0 aliphatic heterocycles. The maximum atomic E-state index is 11.5. The first-order chi connectivity index (χ1) is 9.26. The van der Waals surface area contributed by atoms with Crippen LogP contribution in [0.4, 0.5) is 0 Å². The molecule has 2 N–H and O–H groups in total. The van der Waals surface area contributed by atoms with Crippen LogP contribution in [0.5, 0.6) is 0 Å². The zero-order chi connectivity index (χ0) is 13.9. The fourth-order valence-electron chi connectivity index (χ4n) is 1.85. The van der Waals surface area contributed by atoms with Gasteiger partial charge >= 0.3 is 0 Å². The molecule has 0 atom stereocenters. The monoisotopic (exact) mass is 272 g/mol. The first kappa shape index (κ1) is 16.1. The Balaban J connectivity index is 1.84. The van der Waals surface area contributed by atoms with Crippen LogP contribution in [-0.4, -0.2) is 58.3 Å². The second kappa shape index (κ2) is 9.89. The summed E-state index contributed by atoms with van der Waals surface area (Å²) < 4.78 is 10.6. The van der Waals surface area contributed by atoms with Gasteiger partial charge in [0.1, 0.15) is 6.29 Å². The average Bonchev–Trinajstić information content (AvgIpc) is 2.36. The van der Waals surface area contributed by atoms with Crippen molar-refractivity contribution in [2.75, 3.05) is 40.0 Å². The molecule has 0 aromatic heterocycles. The number of ether oxygens (including phenoxy) is 2. The maximum absolute atomic E-state index is 11.5. The van der Waals surface area contributed by atoms with E-state index in [1.807, 2.05) is 7.05 Å². The molecule has 0 spiro atoms. The summed E-state index contributed by atoms with van der Waals surface area (Å²) in [6, 6.07) is 0.174. The van der Waals surface area contributed by atoms with Crippen LogP contribution in [0.2, 0.25) is 0 Å². The van der Waals surface area contributed by atoms with Crippen LogP contribution in [-0.2, 0) is 19.1 Å². The van der Waals surface area contributed by atoms with Crippen molar-refractivity contribution in [1.82, 2.24) is 10.6 Å². The number of hydrogen-bond acceptors (Lipinski definition) is 5. The minimum atomic E-state index is -0.00884. The van der Waals surface area contributed by atoms with E-state index in [-0.39, 0.29) is 17.9 Å². The van der Waals surface area contributed by atoms with Crippen LogP contribution in [0.15, 0.2) is 0 Å². The van der Waals surface area contributed by atoms with Crippen molar-refractivity contribution in [2.24, 2.45) is 5.92 Å². The number of rotatable bonds is 11. The Morgan fingerprint density at radius 3 is 2.53 bits per heavy atom. The fraction of sp³-hybridized carbons (Fsp3) is 0.846. The smallest absolute Gasteiger partial charge is 0.222 e. The molecule has 1 aliphatic carbocycles. The Kier molecular flexibility index (Phi) is 8.36. The minimum absolute atomic E-state index is 0.00884. The van der Waals surface area contributed by atoms with E-state index in [9.17, 15) is 9.59 Å². The van der Waals surface area contributed by atoms with Gasteiger partial charge in [-0.1, -0.05) is 0 Å². The normalized spacial score (nSPS) is 21.7. The zero-order valence-corrected chi connectivity index (χ0v) is 11.5. The molecule has 0 radical (unpaired) electrons. The second-order valence-electron chi connectivity index (χ2n) is 4.71. The van der Waals surface area contributed by atoms with Crippen molar-refractivity contribution in [1.29, 1.82) is 0 Å². The van der Waals surface area contributed by atoms with Crippen LogP contribution >= 0.6 is 0 Å². The molecule has 1 fully saturated rings. The molecule has 6 nitrogen and oxygen atoms in total. The summed E-state index contributed by atoms with van der Waals surface area (Å²) in [6.07, 6.45) is 2.86. The van der Waals surface area contributed by atoms with E-state index in [0.717, 1.165) is 25.7 Å². The van der Waals surface area contributed by atoms with Crippen molar-refractivity contribution >= 4 is 12.2 Å². The van der Waals surface area contributed by atoms with Crippen LogP contribution in [0, 0.1) is 5.92 Å². The molecule has 1 rings (SSSR count). The predicted octanol–water partition coefficient (Wildman–Crippen LogP) is -0.277. The van der Waals surface area contributed by atoms with Gasteiger partial charge in [-0.05, 0) is 19.9 Å². The molecule has 0 saturated heterocycles. The Hall–Kier alpha value is -0.980. The number of carbonyl (C=O) groups is 2. The third-order valence-electron chi connectivity index (χ3n) is 3.07. The summed E-state index contributed by atoms with van der Waals surface area (Å²) in [5.74, 6) is 0.127. The molecule has 0 aromatic rings. The highest BCUT2D eigenvalue weighted by Crippen LogP contribution is 2.24. The van der Waals surface area contributed by atoms with Gasteiger partial charge in [-0.25, -0.2) is 0 Å². The molecule has 0 aromatic carbocycles. The highest BCUT2D eigenvalue weighted by Gasteiger charge is 2.29. The molecule has 1 amide bonds. The van der Waals surface area contributed by atoms with Gasteiger partial charge in [0.15, 0.2) is 0 Å². The van der Waals surface area contributed by atoms with Crippen molar-refractivity contribution < 1.29 is 19.1 Å². The van der Waals surface area contributed by atoms with Crippen molar-refractivity contribution in [3.8, 4) is 0 Å². The van der Waals surface area contributed by atoms with Crippen LogP contribution in [0.3, 0.4) is 0 Å². The van der Waals surface area contributed by atoms with E-state index in [4.69, 9.17) is 9.47 Å². The SMILES string of the molecule is CNCCOCCOCCC(=O)NC1CC(C=O)C1. The first-order valence-electron chi connectivity index (χ1n) is 6.81. The van der Waals surface area contributed by atoms with Gasteiger partial charge in [0.05, 0.1) is 26.4 Å². The summed E-state index contributed by atoms with van der Waals surface area (Å²) in [4.78, 5) is 21.9. The largest absolute Gasteiger partial charge is 0.379 e. The molecule has 0 bridgehead atoms. The molecule has 1 saturated carbocycles. The molecular formula is C13H24N2O4. The summed E-state index contributed by atoms with van der Waals surface area (Å²) in [6.45, 7) is 2.96. The van der Waals surface area contributed by atoms with Crippen molar-refractivity contribution in [3.63, 3.8) is 0 Å². The lowest BCUT2D eigenvalue weighted by Gasteiger charge is -2.32. The lowest BCUT2D eigenvalue weighted by Crippen LogP contribution is -2.44. The van der Waals surface area contributed by atoms with Gasteiger partial charge in [-0.15, -0.1) is 0 Å². The third-order valence-corrected chi connectivity index (χ3v) is 3.07. The van der Waals surface area contributed by atoms with Gasteiger partial charge in [0, 0.05) is 24.9 Å². The number of hydrogen-bond donors (Lipinski definition) is 2. The number of amides is 1. The topological polar surface area (TPSA) is 76.7 Å². The Bertz CT molecular complexity index is 267. The predicted molar refractivity (Wildman–Crippen MR) is 70.9 cm³/mol. The molecular weight excluding hydrogens is 248 g/mol. The van der Waals surface area contributed by atoms with Gasteiger partial charge in [0.2, 0.25) is 5.91 Å². The average molecular weight is 272 g/mol. The highest BCUT2D eigenvalue weighted by molar-refractivity contribution is 5.76. The third kappa shape index (κ3) is 7.25. The van der Waals surface area contributed by atoms with Gasteiger partial charge in [0.25, 0.3) is 0 Å². The number of nitrogens with one attached hydrogen (secondary N) is 2. The molecule has 110 valence electrons. The molecule has 6 heteroatoms. The first-order valence-corrected chi connectivity index (χ1v) is 6.81. The molecule has 0 unspecified atom stereocenters. The standard InChI is InChI=1S/C13H24N2O4/c1-14-3-5-19-7-6-18-4-2-13(17)15-12-8-11(9-12)10-16/h10-12,14H,2-9H2,1H3,(H,15,17). The summed E-state index contributed by atoms with van der Waals surface area (Å²) in [5, 5.41) is 5.86. The van der Waals surface area contributed by atoms with Gasteiger partial charge in [-0.3, -0.25) is 4.79 Å². The summed E-state index contributed by atoms with van der Waals surface area (Å²) in [7, 11) is 1.87. The Labute approximate surface area is 114 Å². The van der Waals surface area contributed by atoms with Crippen LogP contribution in [0.1, 0.15) is 19.3 Å². The van der Waals surface area contributed by atoms with E-state index in [0.29, 0.717) is 32.8 Å². The van der Waals surface area contributed by atoms with E-state index >= 15 is 0 Å². The molecule has 1 aliphatic rings. The van der Waals surface area contributed by atoms with E-state index in [1.54, 1.807) is 0 Å². The van der Waals surface area contributed by atoms with E-state index in [2.05, 4.69) is 10.6 Å². The fourth-order valence-corrected chi connectivity index (χ4v) is 1.85.